The van der Waals surface area contributed by atoms with E-state index in [-0.39, 0.29) is 5.28 Å². The lowest BCUT2D eigenvalue weighted by Crippen LogP contribution is -2.05. The predicted octanol–water partition coefficient (Wildman–Crippen LogP) is 2.66. The Balaban J connectivity index is 2.15. The van der Waals surface area contributed by atoms with Crippen molar-refractivity contribution in [2.75, 3.05) is 5.32 Å². The van der Waals surface area contributed by atoms with Gasteiger partial charge < -0.3 is 9.84 Å². The van der Waals surface area contributed by atoms with Gasteiger partial charge in [-0.3, -0.25) is 0 Å². The van der Waals surface area contributed by atoms with Crippen molar-refractivity contribution in [3.8, 4) is 0 Å². The molecule has 0 saturated heterocycles. The smallest absolute Gasteiger partial charge is 0.224 e. The molecule has 1 N–H and O–H groups in total. The molecule has 0 fully saturated rings. The first-order chi connectivity index (χ1) is 8.08. The molecule has 0 aliphatic carbocycles. The molecular weight excluding hydrogens is 240 g/mol. The second kappa shape index (κ2) is 4.71. The summed E-state index contributed by atoms with van der Waals surface area (Å²) in [7, 11) is 0. The van der Waals surface area contributed by atoms with Crippen molar-refractivity contribution in [3.63, 3.8) is 0 Å². The van der Waals surface area contributed by atoms with E-state index in [1.807, 2.05) is 20.8 Å². The van der Waals surface area contributed by atoms with Gasteiger partial charge in [0.25, 0.3) is 0 Å². The van der Waals surface area contributed by atoms with Crippen molar-refractivity contribution in [1.29, 1.82) is 0 Å². The molecular formula is C11H13ClN4O. The van der Waals surface area contributed by atoms with E-state index < -0.39 is 0 Å². The molecule has 0 aromatic carbocycles. The van der Waals surface area contributed by atoms with Crippen molar-refractivity contribution >= 4 is 17.4 Å². The minimum Gasteiger partial charge on any atom is -0.365 e. The molecule has 0 radical (unpaired) electrons. The number of aromatic nitrogens is 3. The first kappa shape index (κ1) is 11.9. The zero-order valence-electron chi connectivity index (χ0n) is 9.91. The molecule has 6 heteroatoms. The highest BCUT2D eigenvalue weighted by Crippen LogP contribution is 2.17. The number of nitrogens with zero attached hydrogens (tertiary/aromatic N) is 3. The van der Waals surface area contributed by atoms with E-state index in [0.29, 0.717) is 6.54 Å². The van der Waals surface area contributed by atoms with Crippen LogP contribution < -0.4 is 5.32 Å². The van der Waals surface area contributed by atoms with Crippen molar-refractivity contribution in [2.45, 2.75) is 27.3 Å². The van der Waals surface area contributed by atoms with Gasteiger partial charge in [-0.15, -0.1) is 0 Å². The van der Waals surface area contributed by atoms with Crippen LogP contribution in [0.1, 0.15) is 22.6 Å². The summed E-state index contributed by atoms with van der Waals surface area (Å²) in [5, 5.41) is 7.33. The number of hydrogen-bond acceptors (Lipinski definition) is 5. The molecule has 5 nitrogen and oxygen atoms in total. The highest BCUT2D eigenvalue weighted by molar-refractivity contribution is 6.28. The van der Waals surface area contributed by atoms with Crippen molar-refractivity contribution in [1.82, 2.24) is 15.1 Å². The molecule has 0 aliphatic heterocycles. The highest BCUT2D eigenvalue weighted by Gasteiger charge is 2.09. The zero-order chi connectivity index (χ0) is 12.4. The molecule has 0 aliphatic rings. The summed E-state index contributed by atoms with van der Waals surface area (Å²) in [6.07, 6.45) is 1.69. The minimum atomic E-state index is 0.233. The minimum absolute atomic E-state index is 0.233. The lowest BCUT2D eigenvalue weighted by molar-refractivity contribution is 0.392. The van der Waals surface area contributed by atoms with E-state index in [9.17, 15) is 0 Å². The molecule has 2 aromatic heterocycles. The maximum absolute atomic E-state index is 5.75. The van der Waals surface area contributed by atoms with E-state index in [2.05, 4.69) is 20.4 Å². The Bertz CT molecular complexity index is 519. The molecule has 0 atom stereocenters. The van der Waals surface area contributed by atoms with Crippen LogP contribution in [0.5, 0.6) is 0 Å². The molecule has 2 heterocycles. The van der Waals surface area contributed by atoms with Gasteiger partial charge in [0.1, 0.15) is 11.6 Å². The highest BCUT2D eigenvalue weighted by atomic mass is 35.5. The predicted molar refractivity (Wildman–Crippen MR) is 65.1 cm³/mol. The fourth-order valence-electron chi connectivity index (χ4n) is 1.53. The third-order valence-electron chi connectivity index (χ3n) is 2.56. The third-order valence-corrected chi connectivity index (χ3v) is 2.74. The molecule has 90 valence electrons. The average molecular weight is 253 g/mol. The second-order valence-electron chi connectivity index (χ2n) is 3.83. The van der Waals surface area contributed by atoms with E-state index in [4.69, 9.17) is 16.1 Å². The van der Waals surface area contributed by atoms with E-state index in [0.717, 1.165) is 28.4 Å². The Labute approximate surface area is 104 Å². The Kier molecular flexibility index (Phi) is 3.28. The van der Waals surface area contributed by atoms with Gasteiger partial charge in [0.05, 0.1) is 5.69 Å². The topological polar surface area (TPSA) is 63.8 Å². The van der Waals surface area contributed by atoms with E-state index in [1.54, 1.807) is 6.20 Å². The van der Waals surface area contributed by atoms with Crippen LogP contribution in [-0.4, -0.2) is 15.1 Å². The third kappa shape index (κ3) is 2.55. The molecule has 0 bridgehead atoms. The van der Waals surface area contributed by atoms with Crippen molar-refractivity contribution in [2.24, 2.45) is 0 Å². The molecule has 0 spiro atoms. The monoisotopic (exact) mass is 252 g/mol. The van der Waals surface area contributed by atoms with Gasteiger partial charge in [-0.2, -0.15) is 0 Å². The molecule has 17 heavy (non-hydrogen) atoms. The van der Waals surface area contributed by atoms with Gasteiger partial charge >= 0.3 is 0 Å². The first-order valence-corrected chi connectivity index (χ1v) is 5.60. The van der Waals surface area contributed by atoms with Gasteiger partial charge in [-0.05, 0) is 32.4 Å². The van der Waals surface area contributed by atoms with E-state index >= 15 is 0 Å². The summed E-state index contributed by atoms with van der Waals surface area (Å²) in [4.78, 5) is 8.03. The van der Waals surface area contributed by atoms with Crippen LogP contribution in [0.2, 0.25) is 5.28 Å². The Morgan fingerprint density at radius 1 is 1.35 bits per heavy atom. The zero-order valence-corrected chi connectivity index (χ0v) is 10.7. The van der Waals surface area contributed by atoms with Crippen LogP contribution in [0.4, 0.5) is 5.82 Å². The fraction of sp³-hybridized carbons (Fsp3) is 0.364. The average Bonchev–Trinajstić information content (AvgIpc) is 2.61. The van der Waals surface area contributed by atoms with Crippen LogP contribution >= 0.6 is 11.6 Å². The summed E-state index contributed by atoms with van der Waals surface area (Å²) >= 11 is 5.75. The number of nitrogens with one attached hydrogen (secondary N) is 1. The SMILES string of the molecule is Cc1cnc(Cl)nc1NCc1c(C)noc1C. The lowest BCUT2D eigenvalue weighted by atomic mass is 10.2. The number of halogens is 1. The standard InChI is InChI=1S/C11H13ClN4O/c1-6-4-14-11(12)15-10(6)13-5-9-7(2)16-17-8(9)3/h4H,5H2,1-3H3,(H,13,14,15). The van der Waals surface area contributed by atoms with E-state index in [1.165, 1.54) is 0 Å². The van der Waals surface area contributed by atoms with Crippen LogP contribution in [-0.2, 0) is 6.54 Å². The van der Waals surface area contributed by atoms with Gasteiger partial charge in [-0.25, -0.2) is 9.97 Å². The van der Waals surface area contributed by atoms with Crippen LogP contribution in [0.15, 0.2) is 10.7 Å². The molecule has 0 saturated carbocycles. The van der Waals surface area contributed by atoms with Gasteiger partial charge in [0, 0.05) is 23.9 Å². The van der Waals surface area contributed by atoms with Crippen LogP contribution in [0.25, 0.3) is 0 Å². The summed E-state index contributed by atoms with van der Waals surface area (Å²) in [5.41, 5.74) is 2.87. The maximum atomic E-state index is 5.75. The summed E-state index contributed by atoms with van der Waals surface area (Å²) in [6.45, 7) is 6.32. The van der Waals surface area contributed by atoms with Gasteiger partial charge in [0.15, 0.2) is 0 Å². The summed E-state index contributed by atoms with van der Waals surface area (Å²) < 4.78 is 5.09. The van der Waals surface area contributed by atoms with Crippen molar-refractivity contribution in [3.05, 3.63) is 34.1 Å². The molecule has 0 amide bonds. The number of aryl methyl sites for hydroxylation is 3. The van der Waals surface area contributed by atoms with Crippen LogP contribution in [0.3, 0.4) is 0 Å². The molecule has 2 aromatic rings. The first-order valence-electron chi connectivity index (χ1n) is 5.22. The summed E-state index contributed by atoms with van der Waals surface area (Å²) in [6, 6.07) is 0. The number of anilines is 1. The fourth-order valence-corrected chi connectivity index (χ4v) is 1.66. The Morgan fingerprint density at radius 2 is 2.12 bits per heavy atom. The quantitative estimate of drug-likeness (QED) is 0.851. The second-order valence-corrected chi connectivity index (χ2v) is 4.16. The Morgan fingerprint density at radius 3 is 2.76 bits per heavy atom. The maximum Gasteiger partial charge on any atom is 0.224 e. The Hall–Kier alpha value is -1.62. The lowest BCUT2D eigenvalue weighted by Gasteiger charge is -2.07. The van der Waals surface area contributed by atoms with Crippen LogP contribution in [0, 0.1) is 20.8 Å². The normalized spacial score (nSPS) is 10.6. The van der Waals surface area contributed by atoms with Crippen molar-refractivity contribution < 1.29 is 4.52 Å². The molecule has 2 rings (SSSR count). The number of hydrogen-bond donors (Lipinski definition) is 1. The molecule has 0 unspecified atom stereocenters. The summed E-state index contributed by atoms with van der Waals surface area (Å²) in [5.74, 6) is 1.54. The van der Waals surface area contributed by atoms with Gasteiger partial charge in [-0.1, -0.05) is 5.16 Å². The van der Waals surface area contributed by atoms with Gasteiger partial charge in [0.2, 0.25) is 5.28 Å². The number of rotatable bonds is 3. The largest absolute Gasteiger partial charge is 0.365 e.